The molecule has 1 aromatic carbocycles. The van der Waals surface area contributed by atoms with Crippen LogP contribution in [-0.4, -0.2) is 22.1 Å². The normalized spacial score (nSPS) is 13.9. The van der Waals surface area contributed by atoms with Crippen LogP contribution < -0.4 is 5.32 Å². The van der Waals surface area contributed by atoms with Gasteiger partial charge in [0, 0.05) is 18.0 Å². The number of fused-ring (bicyclic) bond motifs is 1. The zero-order chi connectivity index (χ0) is 16.6. The lowest BCUT2D eigenvalue weighted by Crippen LogP contribution is -2.39. The predicted molar refractivity (Wildman–Crippen MR) is 88.5 cm³/mol. The molecule has 6 heteroatoms. The van der Waals surface area contributed by atoms with Crippen LogP contribution in [0, 0.1) is 0 Å². The van der Waals surface area contributed by atoms with Crippen molar-refractivity contribution >= 4 is 28.4 Å². The average molecular weight is 333 g/mol. The highest BCUT2D eigenvalue weighted by molar-refractivity contribution is 6.38. The van der Waals surface area contributed by atoms with E-state index in [0.717, 1.165) is 10.9 Å². The lowest BCUT2D eigenvalue weighted by atomic mass is 10.0. The second-order valence-electron chi connectivity index (χ2n) is 5.67. The number of aliphatic hydroxyl groups is 1. The number of amides is 1. The monoisotopic (exact) mass is 332 g/mol. The summed E-state index contributed by atoms with van der Waals surface area (Å²) in [7, 11) is 1.79. The first-order chi connectivity index (χ1) is 10.9. The van der Waals surface area contributed by atoms with Gasteiger partial charge in [-0.3, -0.25) is 4.79 Å². The van der Waals surface area contributed by atoms with Crippen molar-refractivity contribution in [3.8, 4) is 0 Å². The van der Waals surface area contributed by atoms with Crippen LogP contribution in [0.5, 0.6) is 0 Å². The van der Waals surface area contributed by atoms with Crippen LogP contribution in [0.4, 0.5) is 0 Å². The van der Waals surface area contributed by atoms with Crippen molar-refractivity contribution in [1.29, 1.82) is 0 Å². The van der Waals surface area contributed by atoms with Crippen molar-refractivity contribution in [2.45, 2.75) is 12.5 Å². The molecule has 0 aliphatic rings. The Hall–Kier alpha value is -2.24. The molecule has 0 radical (unpaired) electrons. The number of nitrogens with zero attached hydrogens (tertiary/aromatic N) is 1. The van der Waals surface area contributed by atoms with Gasteiger partial charge in [-0.15, -0.1) is 0 Å². The van der Waals surface area contributed by atoms with Gasteiger partial charge in [0.15, 0.2) is 0 Å². The van der Waals surface area contributed by atoms with Crippen LogP contribution in [0.1, 0.15) is 23.2 Å². The molecule has 5 nitrogen and oxygen atoms in total. The third kappa shape index (κ3) is 2.73. The fraction of sp³-hybridized carbons (Fsp3) is 0.235. The first-order valence-electron chi connectivity index (χ1n) is 7.19. The van der Waals surface area contributed by atoms with Crippen molar-refractivity contribution in [3.05, 3.63) is 59.1 Å². The molecule has 120 valence electrons. The van der Waals surface area contributed by atoms with E-state index in [-0.39, 0.29) is 12.5 Å². The molecule has 1 atom stereocenters. The van der Waals surface area contributed by atoms with E-state index >= 15 is 0 Å². The van der Waals surface area contributed by atoms with E-state index in [9.17, 15) is 9.90 Å². The third-order valence-corrected chi connectivity index (χ3v) is 4.29. The van der Waals surface area contributed by atoms with Crippen LogP contribution >= 0.6 is 11.6 Å². The Morgan fingerprint density at radius 1 is 1.35 bits per heavy atom. The number of nitrogens with one attached hydrogen (secondary N) is 1. The topological polar surface area (TPSA) is 67.4 Å². The van der Waals surface area contributed by atoms with Crippen molar-refractivity contribution in [3.63, 3.8) is 0 Å². The number of carbonyl (C=O) groups is 1. The van der Waals surface area contributed by atoms with E-state index in [1.807, 2.05) is 24.3 Å². The third-order valence-electron chi connectivity index (χ3n) is 3.91. The van der Waals surface area contributed by atoms with Gasteiger partial charge in [0.1, 0.15) is 17.1 Å². The molecule has 2 aromatic heterocycles. The van der Waals surface area contributed by atoms with Crippen molar-refractivity contribution < 1.29 is 14.3 Å². The summed E-state index contributed by atoms with van der Waals surface area (Å²) in [6.45, 7) is 1.59. The summed E-state index contributed by atoms with van der Waals surface area (Å²) in [6, 6.07) is 10.9. The largest absolute Gasteiger partial charge is 0.466 e. The quantitative estimate of drug-likeness (QED) is 0.771. The summed E-state index contributed by atoms with van der Waals surface area (Å²) in [4.78, 5) is 12.5. The zero-order valence-corrected chi connectivity index (χ0v) is 13.6. The van der Waals surface area contributed by atoms with Gasteiger partial charge in [-0.1, -0.05) is 29.8 Å². The van der Waals surface area contributed by atoms with Gasteiger partial charge >= 0.3 is 0 Å². The first-order valence-corrected chi connectivity index (χ1v) is 7.57. The standard InChI is InChI=1S/C17H17ClN2O3/c1-17(22,13-8-5-9-23-13)10-19-16(21)15-14(18)11-6-3-4-7-12(11)20(15)2/h3-9,22H,10H2,1-2H3,(H,19,21). The van der Waals surface area contributed by atoms with Crippen molar-refractivity contribution in [2.24, 2.45) is 7.05 Å². The molecule has 0 saturated heterocycles. The van der Waals surface area contributed by atoms with Crippen molar-refractivity contribution in [1.82, 2.24) is 9.88 Å². The molecule has 3 aromatic rings. The van der Waals surface area contributed by atoms with Crippen LogP contribution in [0.3, 0.4) is 0 Å². The minimum atomic E-state index is -1.30. The molecule has 0 bridgehead atoms. The maximum atomic E-state index is 12.5. The number of hydrogen-bond donors (Lipinski definition) is 2. The Morgan fingerprint density at radius 3 is 2.74 bits per heavy atom. The smallest absolute Gasteiger partial charge is 0.269 e. The van der Waals surface area contributed by atoms with Crippen molar-refractivity contribution in [2.75, 3.05) is 6.54 Å². The second kappa shape index (κ2) is 5.76. The highest BCUT2D eigenvalue weighted by Gasteiger charge is 2.28. The van der Waals surface area contributed by atoms with Gasteiger partial charge in [-0.25, -0.2) is 0 Å². The van der Waals surface area contributed by atoms with E-state index in [4.69, 9.17) is 16.0 Å². The van der Waals surface area contributed by atoms with Gasteiger partial charge in [0.05, 0.1) is 17.8 Å². The molecule has 1 amide bonds. The number of aryl methyl sites for hydroxylation is 1. The summed E-state index contributed by atoms with van der Waals surface area (Å²) < 4.78 is 6.94. The number of benzene rings is 1. The summed E-state index contributed by atoms with van der Waals surface area (Å²) >= 11 is 6.34. The molecule has 0 fully saturated rings. The Labute approximate surface area is 138 Å². The summed E-state index contributed by atoms with van der Waals surface area (Å²) in [5, 5.41) is 14.3. The summed E-state index contributed by atoms with van der Waals surface area (Å²) in [5.41, 5.74) is -0.0560. The number of hydrogen-bond acceptors (Lipinski definition) is 3. The maximum absolute atomic E-state index is 12.5. The van der Waals surface area contributed by atoms with E-state index in [2.05, 4.69) is 5.32 Å². The SMILES string of the molecule is Cn1c(C(=O)NCC(C)(O)c2ccco2)c(Cl)c2ccccc21. The first kappa shape index (κ1) is 15.6. The molecule has 0 saturated carbocycles. The fourth-order valence-electron chi connectivity index (χ4n) is 2.61. The molecule has 23 heavy (non-hydrogen) atoms. The van der Waals surface area contributed by atoms with Gasteiger partial charge in [-0.2, -0.15) is 0 Å². The molecule has 0 aliphatic carbocycles. The number of carbonyl (C=O) groups excluding carboxylic acids is 1. The lowest BCUT2D eigenvalue weighted by Gasteiger charge is -2.21. The number of furan rings is 1. The summed E-state index contributed by atoms with van der Waals surface area (Å²) in [6.07, 6.45) is 1.48. The molecular weight excluding hydrogens is 316 g/mol. The highest BCUT2D eigenvalue weighted by atomic mass is 35.5. The van der Waals surface area contributed by atoms with Crippen LogP contribution in [0.2, 0.25) is 5.02 Å². The minimum Gasteiger partial charge on any atom is -0.466 e. The number of rotatable bonds is 4. The molecule has 0 aliphatic heterocycles. The Bertz CT molecular complexity index is 811. The summed E-state index contributed by atoms with van der Waals surface area (Å²) in [5.74, 6) is 0.0430. The van der Waals surface area contributed by atoms with Gasteiger partial charge in [0.2, 0.25) is 0 Å². The molecule has 2 heterocycles. The molecule has 1 unspecified atom stereocenters. The van der Waals surface area contributed by atoms with E-state index in [1.54, 1.807) is 30.7 Å². The molecule has 0 spiro atoms. The minimum absolute atomic E-state index is 0.0111. The second-order valence-corrected chi connectivity index (χ2v) is 6.05. The molecular formula is C17H17ClN2O3. The van der Waals surface area contributed by atoms with Crippen LogP contribution in [-0.2, 0) is 12.6 Å². The van der Waals surface area contributed by atoms with Crippen LogP contribution in [0.25, 0.3) is 10.9 Å². The van der Waals surface area contributed by atoms with Crippen LogP contribution in [0.15, 0.2) is 47.1 Å². The van der Waals surface area contributed by atoms with E-state index < -0.39 is 5.60 Å². The zero-order valence-electron chi connectivity index (χ0n) is 12.8. The fourth-order valence-corrected chi connectivity index (χ4v) is 2.98. The number of halogens is 1. The maximum Gasteiger partial charge on any atom is 0.269 e. The van der Waals surface area contributed by atoms with Gasteiger partial charge in [-0.05, 0) is 25.1 Å². The molecule has 3 rings (SSSR count). The average Bonchev–Trinajstić information content (AvgIpc) is 3.15. The highest BCUT2D eigenvalue weighted by Crippen LogP contribution is 2.30. The predicted octanol–water partition coefficient (Wildman–Crippen LogP) is 3.06. The Balaban J connectivity index is 1.84. The Morgan fingerprint density at radius 2 is 2.09 bits per heavy atom. The van der Waals surface area contributed by atoms with Gasteiger partial charge in [0.25, 0.3) is 5.91 Å². The number of aromatic nitrogens is 1. The lowest BCUT2D eigenvalue weighted by molar-refractivity contribution is 0.0329. The Kier molecular flexibility index (Phi) is 3.92. The number of para-hydroxylation sites is 1. The van der Waals surface area contributed by atoms with E-state index in [0.29, 0.717) is 16.5 Å². The molecule has 2 N–H and O–H groups in total. The van der Waals surface area contributed by atoms with E-state index in [1.165, 1.54) is 6.26 Å². The van der Waals surface area contributed by atoms with Gasteiger partial charge < -0.3 is 19.4 Å².